The third-order valence-corrected chi connectivity index (χ3v) is 6.30. The van der Waals surface area contributed by atoms with E-state index in [-0.39, 0.29) is 12.0 Å². The average Bonchev–Trinajstić information content (AvgIpc) is 3.06. The SMILES string of the molecule is O=C(Nc1cccc(N2CCOC2=O)c1)c1cc(Br)c(Br)s1. The second-order valence-electron chi connectivity index (χ2n) is 4.50. The largest absolute Gasteiger partial charge is 0.447 e. The molecule has 5 nitrogen and oxygen atoms in total. The number of rotatable bonds is 3. The van der Waals surface area contributed by atoms with E-state index in [9.17, 15) is 9.59 Å². The van der Waals surface area contributed by atoms with Crippen molar-refractivity contribution in [3.05, 3.63) is 43.5 Å². The summed E-state index contributed by atoms with van der Waals surface area (Å²) in [5.74, 6) is -0.197. The Balaban J connectivity index is 1.78. The van der Waals surface area contributed by atoms with Crippen LogP contribution in [0.15, 0.2) is 38.6 Å². The summed E-state index contributed by atoms with van der Waals surface area (Å²) < 4.78 is 6.63. The lowest BCUT2D eigenvalue weighted by Crippen LogP contribution is -2.23. The third kappa shape index (κ3) is 3.18. The van der Waals surface area contributed by atoms with E-state index in [4.69, 9.17) is 4.74 Å². The van der Waals surface area contributed by atoms with Gasteiger partial charge in [0.15, 0.2) is 0 Å². The summed E-state index contributed by atoms with van der Waals surface area (Å²) in [5, 5.41) is 2.83. The number of carbonyl (C=O) groups is 2. The smallest absolute Gasteiger partial charge is 0.414 e. The molecule has 1 saturated heterocycles. The highest BCUT2D eigenvalue weighted by Crippen LogP contribution is 2.33. The van der Waals surface area contributed by atoms with Crippen LogP contribution in [-0.4, -0.2) is 25.2 Å². The Bertz CT molecular complexity index is 728. The number of thiophene rings is 1. The summed E-state index contributed by atoms with van der Waals surface area (Å²) in [6, 6.07) is 8.88. The second kappa shape index (κ2) is 6.39. The molecule has 1 fully saturated rings. The summed E-state index contributed by atoms with van der Waals surface area (Å²) in [4.78, 5) is 25.9. The van der Waals surface area contributed by atoms with Crippen LogP contribution >= 0.6 is 43.2 Å². The van der Waals surface area contributed by atoms with E-state index in [0.717, 1.165) is 8.26 Å². The van der Waals surface area contributed by atoms with Gasteiger partial charge in [-0.25, -0.2) is 4.79 Å². The van der Waals surface area contributed by atoms with Gasteiger partial charge in [-0.15, -0.1) is 11.3 Å². The van der Waals surface area contributed by atoms with Crippen molar-refractivity contribution in [2.24, 2.45) is 0 Å². The van der Waals surface area contributed by atoms with Gasteiger partial charge in [0, 0.05) is 15.8 Å². The first-order valence-electron chi connectivity index (χ1n) is 6.35. The summed E-state index contributed by atoms with van der Waals surface area (Å²) in [5.41, 5.74) is 1.33. The fourth-order valence-electron chi connectivity index (χ4n) is 2.03. The van der Waals surface area contributed by atoms with Crippen LogP contribution in [0.25, 0.3) is 0 Å². The van der Waals surface area contributed by atoms with Crippen LogP contribution in [0, 0.1) is 0 Å². The molecule has 1 aliphatic rings. The third-order valence-electron chi connectivity index (χ3n) is 3.05. The van der Waals surface area contributed by atoms with Crippen molar-refractivity contribution < 1.29 is 14.3 Å². The minimum atomic E-state index is -0.366. The van der Waals surface area contributed by atoms with Gasteiger partial charge >= 0.3 is 6.09 Å². The van der Waals surface area contributed by atoms with E-state index in [1.807, 2.05) is 0 Å². The number of cyclic esters (lactones) is 1. The lowest BCUT2D eigenvalue weighted by molar-refractivity contribution is 0.103. The summed E-state index contributed by atoms with van der Waals surface area (Å²) >= 11 is 8.07. The molecular weight excluding hydrogens is 436 g/mol. The van der Waals surface area contributed by atoms with E-state index in [0.29, 0.717) is 29.4 Å². The molecule has 2 heterocycles. The van der Waals surface area contributed by atoms with E-state index in [1.54, 1.807) is 30.3 Å². The van der Waals surface area contributed by atoms with Crippen LogP contribution in [0.4, 0.5) is 16.2 Å². The maximum atomic E-state index is 12.2. The first-order valence-corrected chi connectivity index (χ1v) is 8.75. The monoisotopic (exact) mass is 444 g/mol. The Kier molecular flexibility index (Phi) is 4.51. The molecule has 1 aromatic heterocycles. The highest BCUT2D eigenvalue weighted by Gasteiger charge is 2.23. The lowest BCUT2D eigenvalue weighted by Gasteiger charge is -2.14. The molecule has 1 aromatic carbocycles. The molecule has 2 amide bonds. The van der Waals surface area contributed by atoms with Gasteiger partial charge in [-0.3, -0.25) is 9.69 Å². The van der Waals surface area contributed by atoms with Crippen LogP contribution in [0.2, 0.25) is 0 Å². The maximum Gasteiger partial charge on any atom is 0.414 e. The van der Waals surface area contributed by atoms with Crippen LogP contribution < -0.4 is 10.2 Å². The zero-order valence-electron chi connectivity index (χ0n) is 11.1. The number of benzene rings is 1. The number of hydrogen-bond donors (Lipinski definition) is 1. The highest BCUT2D eigenvalue weighted by atomic mass is 79.9. The molecule has 0 atom stereocenters. The van der Waals surface area contributed by atoms with Gasteiger partial charge in [0.2, 0.25) is 0 Å². The number of anilines is 2. The van der Waals surface area contributed by atoms with E-state index < -0.39 is 0 Å². The van der Waals surface area contributed by atoms with Crippen LogP contribution in [0.1, 0.15) is 9.67 Å². The van der Waals surface area contributed by atoms with Gasteiger partial charge in [0.05, 0.1) is 15.2 Å². The number of amides is 2. The van der Waals surface area contributed by atoms with E-state index >= 15 is 0 Å². The summed E-state index contributed by atoms with van der Waals surface area (Å²) in [6.07, 6.45) is -0.366. The normalized spacial score (nSPS) is 14.1. The zero-order valence-corrected chi connectivity index (χ0v) is 15.1. The maximum absolute atomic E-state index is 12.2. The Morgan fingerprint density at radius 3 is 2.77 bits per heavy atom. The van der Waals surface area contributed by atoms with Gasteiger partial charge in [-0.2, -0.15) is 0 Å². The number of hydrogen-bond acceptors (Lipinski definition) is 4. The molecule has 114 valence electrons. The second-order valence-corrected chi connectivity index (χ2v) is 7.73. The van der Waals surface area contributed by atoms with Gasteiger partial charge in [-0.05, 0) is 56.1 Å². The molecule has 0 radical (unpaired) electrons. The Hall–Kier alpha value is -1.38. The van der Waals surface area contributed by atoms with Crippen molar-refractivity contribution in [3.8, 4) is 0 Å². The predicted molar refractivity (Wildman–Crippen MR) is 92.8 cm³/mol. The van der Waals surface area contributed by atoms with Gasteiger partial charge in [0.25, 0.3) is 5.91 Å². The minimum absolute atomic E-state index is 0.197. The fraction of sp³-hybridized carbons (Fsp3) is 0.143. The van der Waals surface area contributed by atoms with Crippen LogP contribution in [0.5, 0.6) is 0 Å². The van der Waals surface area contributed by atoms with Gasteiger partial charge in [-0.1, -0.05) is 6.07 Å². The van der Waals surface area contributed by atoms with E-state index in [2.05, 4.69) is 37.2 Å². The van der Waals surface area contributed by atoms with Crippen molar-refractivity contribution in [1.82, 2.24) is 0 Å². The first kappa shape index (κ1) is 15.5. The predicted octanol–water partition coefficient (Wildman–Crippen LogP) is 4.48. The zero-order chi connectivity index (χ0) is 15.7. The van der Waals surface area contributed by atoms with Crippen LogP contribution in [-0.2, 0) is 4.74 Å². The van der Waals surface area contributed by atoms with Crippen molar-refractivity contribution in [2.75, 3.05) is 23.4 Å². The quantitative estimate of drug-likeness (QED) is 0.757. The van der Waals surface area contributed by atoms with Crippen LogP contribution in [0.3, 0.4) is 0 Å². The lowest BCUT2D eigenvalue weighted by atomic mass is 10.2. The molecule has 1 aliphatic heterocycles. The first-order chi connectivity index (χ1) is 10.5. The van der Waals surface area contributed by atoms with Crippen molar-refractivity contribution >= 4 is 66.6 Å². The standard InChI is InChI=1S/C14H10Br2N2O3S/c15-10-7-11(22-12(10)16)13(19)17-8-2-1-3-9(6-8)18-4-5-21-14(18)20/h1-3,6-7H,4-5H2,(H,17,19). The molecule has 8 heteroatoms. The molecule has 3 rings (SSSR count). The number of ether oxygens (including phenoxy) is 1. The number of halogens is 2. The highest BCUT2D eigenvalue weighted by molar-refractivity contribution is 9.13. The molecule has 2 aromatic rings. The Labute approximate surface area is 147 Å². The average molecular weight is 446 g/mol. The van der Waals surface area contributed by atoms with Gasteiger partial charge in [0.1, 0.15) is 6.61 Å². The molecule has 0 spiro atoms. The topological polar surface area (TPSA) is 58.6 Å². The molecule has 0 unspecified atom stereocenters. The Morgan fingerprint density at radius 1 is 1.32 bits per heavy atom. The van der Waals surface area contributed by atoms with Crippen molar-refractivity contribution in [2.45, 2.75) is 0 Å². The molecule has 0 bridgehead atoms. The number of nitrogens with one attached hydrogen (secondary N) is 1. The minimum Gasteiger partial charge on any atom is -0.447 e. The van der Waals surface area contributed by atoms with E-state index in [1.165, 1.54) is 16.2 Å². The fourth-order valence-corrected chi connectivity index (χ4v) is 3.96. The molecule has 0 saturated carbocycles. The number of carbonyl (C=O) groups excluding carboxylic acids is 2. The molecule has 0 aliphatic carbocycles. The Morgan fingerprint density at radius 2 is 2.14 bits per heavy atom. The number of nitrogens with zero attached hydrogens (tertiary/aromatic N) is 1. The van der Waals surface area contributed by atoms with Gasteiger partial charge < -0.3 is 10.1 Å². The summed E-state index contributed by atoms with van der Waals surface area (Å²) in [7, 11) is 0. The van der Waals surface area contributed by atoms with Crippen molar-refractivity contribution in [1.29, 1.82) is 0 Å². The summed E-state index contributed by atoms with van der Waals surface area (Å²) in [6.45, 7) is 0.897. The van der Waals surface area contributed by atoms with Crippen molar-refractivity contribution in [3.63, 3.8) is 0 Å². The molecule has 22 heavy (non-hydrogen) atoms. The molecule has 1 N–H and O–H groups in total. The molecular formula is C14H10Br2N2O3S.